The summed E-state index contributed by atoms with van der Waals surface area (Å²) in [6.45, 7) is 0. The quantitative estimate of drug-likeness (QED) is 0.771. The molecule has 0 bridgehead atoms. The minimum absolute atomic E-state index is 0.0336. The second kappa shape index (κ2) is 4.87. The lowest BCUT2D eigenvalue weighted by Gasteiger charge is -2.13. The van der Waals surface area contributed by atoms with Crippen molar-refractivity contribution >= 4 is 38.3 Å². The Bertz CT molecular complexity index is 832. The van der Waals surface area contributed by atoms with E-state index in [1.165, 1.54) is 0 Å². The Kier molecular flexibility index (Phi) is 3.32. The first kappa shape index (κ1) is 13.6. The molecule has 2 aromatic heterocycles. The van der Waals surface area contributed by atoms with Crippen LogP contribution in [-0.2, 0) is 14.1 Å². The number of aryl methyl sites for hydroxylation is 2. The number of imidazole rings is 1. The minimum Gasteiger partial charge on any atom is -0.320 e. The van der Waals surface area contributed by atoms with E-state index in [1.807, 2.05) is 29.6 Å². The van der Waals surface area contributed by atoms with Gasteiger partial charge in [0, 0.05) is 23.4 Å². The molecule has 0 fully saturated rings. The van der Waals surface area contributed by atoms with Crippen LogP contribution in [0.1, 0.15) is 16.5 Å². The van der Waals surface area contributed by atoms with Crippen molar-refractivity contribution in [3.8, 4) is 0 Å². The second-order valence-electron chi connectivity index (χ2n) is 4.76. The lowest BCUT2D eigenvalue weighted by atomic mass is 10.1. The number of hydrogen-bond acceptors (Lipinski definition) is 3. The van der Waals surface area contributed by atoms with Gasteiger partial charge in [-0.2, -0.15) is 0 Å². The predicted octanol–water partition coefficient (Wildman–Crippen LogP) is 2.75. The fourth-order valence-electron chi connectivity index (χ4n) is 2.40. The van der Waals surface area contributed by atoms with E-state index in [9.17, 15) is 4.79 Å². The highest BCUT2D eigenvalue weighted by Gasteiger charge is 2.17. The summed E-state index contributed by atoms with van der Waals surface area (Å²) in [5.41, 5.74) is 9.07. The number of thiophene rings is 1. The topological polar surface area (TPSA) is 53.0 Å². The first-order valence-electron chi connectivity index (χ1n) is 6.14. The van der Waals surface area contributed by atoms with Gasteiger partial charge >= 0.3 is 5.69 Å². The van der Waals surface area contributed by atoms with Crippen molar-refractivity contribution in [2.75, 3.05) is 0 Å². The van der Waals surface area contributed by atoms with Crippen LogP contribution in [-0.4, -0.2) is 9.13 Å². The third-order valence-electron chi connectivity index (χ3n) is 3.58. The molecule has 4 nitrogen and oxygen atoms in total. The van der Waals surface area contributed by atoms with Gasteiger partial charge in [0.15, 0.2) is 0 Å². The van der Waals surface area contributed by atoms with Gasteiger partial charge in [-0.25, -0.2) is 4.79 Å². The van der Waals surface area contributed by atoms with Gasteiger partial charge in [-0.05, 0) is 29.1 Å². The fraction of sp³-hybridized carbons (Fsp3) is 0.214. The van der Waals surface area contributed by atoms with Crippen LogP contribution in [0.3, 0.4) is 0 Å². The van der Waals surface area contributed by atoms with E-state index < -0.39 is 0 Å². The van der Waals surface area contributed by atoms with Crippen LogP contribution >= 0.6 is 27.3 Å². The van der Waals surface area contributed by atoms with Crippen LogP contribution < -0.4 is 11.4 Å². The van der Waals surface area contributed by atoms with E-state index in [-0.39, 0.29) is 11.7 Å². The molecule has 3 aromatic rings. The summed E-state index contributed by atoms with van der Waals surface area (Å²) in [5, 5.41) is 2.01. The van der Waals surface area contributed by atoms with Crippen LogP contribution in [0.2, 0.25) is 0 Å². The standard InChI is InChI=1S/C14H14BrN3OS/c1-17-10-6-8(13(16)12-4-3-5-20-12)9(15)7-11(10)18(2)14(17)19/h3-7,13H,16H2,1-2H3. The monoisotopic (exact) mass is 351 g/mol. The minimum atomic E-state index is -0.191. The van der Waals surface area contributed by atoms with E-state index in [4.69, 9.17) is 5.73 Å². The number of nitrogens with zero attached hydrogens (tertiary/aromatic N) is 2. The van der Waals surface area contributed by atoms with Crippen LogP contribution in [0.15, 0.2) is 38.9 Å². The van der Waals surface area contributed by atoms with Gasteiger partial charge < -0.3 is 5.73 Å². The average molecular weight is 352 g/mol. The molecule has 1 unspecified atom stereocenters. The Morgan fingerprint density at radius 2 is 1.90 bits per heavy atom. The molecule has 0 aliphatic heterocycles. The van der Waals surface area contributed by atoms with Crippen molar-refractivity contribution in [3.05, 3.63) is 55.0 Å². The Balaban J connectivity index is 2.25. The molecular formula is C14H14BrN3OS. The third-order valence-corrected chi connectivity index (χ3v) is 5.22. The first-order valence-corrected chi connectivity index (χ1v) is 7.82. The zero-order chi connectivity index (χ0) is 14.4. The number of benzene rings is 1. The van der Waals surface area contributed by atoms with Crippen molar-refractivity contribution in [2.24, 2.45) is 19.8 Å². The normalized spacial score (nSPS) is 13.0. The molecular weight excluding hydrogens is 338 g/mol. The summed E-state index contributed by atoms with van der Waals surface area (Å²) in [4.78, 5) is 13.1. The van der Waals surface area contributed by atoms with Gasteiger partial charge in [0.2, 0.25) is 0 Å². The maximum Gasteiger partial charge on any atom is 0.328 e. The molecule has 3 rings (SSSR count). The lowest BCUT2D eigenvalue weighted by Crippen LogP contribution is -2.19. The zero-order valence-corrected chi connectivity index (χ0v) is 13.5. The summed E-state index contributed by atoms with van der Waals surface area (Å²) in [5.74, 6) is 0. The maximum absolute atomic E-state index is 12.0. The third kappa shape index (κ3) is 1.95. The highest BCUT2D eigenvalue weighted by atomic mass is 79.9. The summed E-state index contributed by atoms with van der Waals surface area (Å²) in [6.07, 6.45) is 0. The smallest absolute Gasteiger partial charge is 0.320 e. The molecule has 0 radical (unpaired) electrons. The van der Waals surface area contributed by atoms with Crippen molar-refractivity contribution in [3.63, 3.8) is 0 Å². The molecule has 0 aliphatic carbocycles. The van der Waals surface area contributed by atoms with Crippen molar-refractivity contribution < 1.29 is 0 Å². The van der Waals surface area contributed by atoms with Gasteiger partial charge in [-0.3, -0.25) is 9.13 Å². The molecule has 2 heterocycles. The average Bonchev–Trinajstić information content (AvgIpc) is 3.03. The number of aromatic nitrogens is 2. The number of nitrogens with two attached hydrogens (primary N) is 1. The Hall–Kier alpha value is -1.37. The second-order valence-corrected chi connectivity index (χ2v) is 6.59. The van der Waals surface area contributed by atoms with E-state index in [2.05, 4.69) is 15.9 Å². The molecule has 1 aromatic carbocycles. The summed E-state index contributed by atoms with van der Waals surface area (Å²) >= 11 is 5.20. The number of rotatable bonds is 2. The van der Waals surface area contributed by atoms with Gasteiger partial charge in [0.1, 0.15) is 0 Å². The van der Waals surface area contributed by atoms with Crippen molar-refractivity contribution in [2.45, 2.75) is 6.04 Å². The van der Waals surface area contributed by atoms with Gasteiger partial charge in [-0.1, -0.05) is 22.0 Å². The van der Waals surface area contributed by atoms with Gasteiger partial charge in [0.25, 0.3) is 0 Å². The summed E-state index contributed by atoms with van der Waals surface area (Å²) < 4.78 is 4.21. The Labute approximate surface area is 128 Å². The predicted molar refractivity (Wildman–Crippen MR) is 86.2 cm³/mol. The Morgan fingerprint density at radius 3 is 2.50 bits per heavy atom. The molecule has 0 amide bonds. The highest BCUT2D eigenvalue weighted by Crippen LogP contribution is 2.32. The molecule has 2 N–H and O–H groups in total. The molecule has 0 saturated carbocycles. The molecule has 6 heteroatoms. The Morgan fingerprint density at radius 1 is 1.25 bits per heavy atom. The summed E-state index contributed by atoms with van der Waals surface area (Å²) in [7, 11) is 3.55. The lowest BCUT2D eigenvalue weighted by molar-refractivity contribution is 0.795. The maximum atomic E-state index is 12.0. The fourth-order valence-corrected chi connectivity index (χ4v) is 3.72. The van der Waals surface area contributed by atoms with Crippen molar-refractivity contribution in [1.29, 1.82) is 0 Å². The van der Waals surface area contributed by atoms with Crippen LogP contribution in [0.5, 0.6) is 0 Å². The molecule has 20 heavy (non-hydrogen) atoms. The van der Waals surface area contributed by atoms with E-state index >= 15 is 0 Å². The number of fused-ring (bicyclic) bond motifs is 1. The largest absolute Gasteiger partial charge is 0.328 e. The first-order chi connectivity index (χ1) is 9.50. The van der Waals surface area contributed by atoms with E-state index in [0.29, 0.717) is 0 Å². The van der Waals surface area contributed by atoms with Gasteiger partial charge in [0.05, 0.1) is 17.1 Å². The highest BCUT2D eigenvalue weighted by molar-refractivity contribution is 9.10. The van der Waals surface area contributed by atoms with Crippen LogP contribution in [0.25, 0.3) is 11.0 Å². The SMILES string of the molecule is Cn1c(=O)n(C)c2cc(C(N)c3cccs3)c(Br)cc21. The van der Waals surface area contributed by atoms with Crippen LogP contribution in [0.4, 0.5) is 0 Å². The number of hydrogen-bond donors (Lipinski definition) is 1. The van der Waals surface area contributed by atoms with E-state index in [1.54, 1.807) is 34.6 Å². The van der Waals surface area contributed by atoms with Gasteiger partial charge in [-0.15, -0.1) is 11.3 Å². The molecule has 0 saturated heterocycles. The van der Waals surface area contributed by atoms with E-state index in [0.717, 1.165) is 25.9 Å². The molecule has 1 atom stereocenters. The van der Waals surface area contributed by atoms with Crippen molar-refractivity contribution in [1.82, 2.24) is 9.13 Å². The molecule has 0 aliphatic rings. The molecule has 0 spiro atoms. The van der Waals surface area contributed by atoms with Crippen LogP contribution in [0, 0.1) is 0 Å². The summed E-state index contributed by atoms with van der Waals surface area (Å²) in [6, 6.07) is 7.77. The zero-order valence-electron chi connectivity index (χ0n) is 11.1. The molecule has 104 valence electrons. The number of halogens is 1.